The molecule has 0 radical (unpaired) electrons. The highest BCUT2D eigenvalue weighted by molar-refractivity contribution is 5.92. The fraction of sp³-hybridized carbons (Fsp3) is 0.389. The van der Waals surface area contributed by atoms with Crippen LogP contribution in [-0.2, 0) is 4.79 Å². The van der Waals surface area contributed by atoms with Crippen molar-refractivity contribution in [1.82, 2.24) is 15.4 Å². The molecule has 1 aromatic carbocycles. The van der Waals surface area contributed by atoms with Crippen LogP contribution in [0.25, 0.3) is 11.3 Å². The number of carbonyl (C=O) groups excluding carboxylic acids is 2. The lowest BCUT2D eigenvalue weighted by molar-refractivity contribution is -0.119. The molecule has 0 saturated carbocycles. The standard InChI is InChI=1S/C18H22N4O3/c1-12-2-4-13(5-3-12)15-10-16(25-21-15)18(24)20-14-6-8-22(9-7-14)11-17(19)23/h2-5,10,14H,6-9,11H2,1H3,(H2,19,23)(H,20,24). The van der Waals surface area contributed by atoms with Gasteiger partial charge in [-0.3, -0.25) is 14.5 Å². The zero-order chi connectivity index (χ0) is 17.8. The third-order valence-electron chi connectivity index (χ3n) is 4.38. The van der Waals surface area contributed by atoms with E-state index in [2.05, 4.69) is 10.5 Å². The van der Waals surface area contributed by atoms with E-state index in [0.29, 0.717) is 5.69 Å². The summed E-state index contributed by atoms with van der Waals surface area (Å²) in [5, 5.41) is 6.95. The van der Waals surface area contributed by atoms with Crippen molar-refractivity contribution in [3.63, 3.8) is 0 Å². The summed E-state index contributed by atoms with van der Waals surface area (Å²) < 4.78 is 5.19. The van der Waals surface area contributed by atoms with Crippen LogP contribution in [0, 0.1) is 6.92 Å². The third-order valence-corrected chi connectivity index (χ3v) is 4.38. The first-order chi connectivity index (χ1) is 12.0. The second-order valence-corrected chi connectivity index (χ2v) is 6.43. The van der Waals surface area contributed by atoms with E-state index in [1.165, 1.54) is 0 Å². The number of nitrogens with two attached hydrogens (primary N) is 1. The maximum absolute atomic E-state index is 12.3. The monoisotopic (exact) mass is 342 g/mol. The van der Waals surface area contributed by atoms with E-state index in [0.717, 1.165) is 37.1 Å². The Labute approximate surface area is 146 Å². The number of amides is 2. The largest absolute Gasteiger partial charge is 0.369 e. The van der Waals surface area contributed by atoms with Crippen molar-refractivity contribution in [2.75, 3.05) is 19.6 Å². The molecule has 7 heteroatoms. The summed E-state index contributed by atoms with van der Waals surface area (Å²) in [7, 11) is 0. The highest BCUT2D eigenvalue weighted by Gasteiger charge is 2.23. The number of aryl methyl sites for hydroxylation is 1. The third kappa shape index (κ3) is 4.45. The first kappa shape index (κ1) is 17.2. The minimum Gasteiger partial charge on any atom is -0.369 e. The molecule has 2 heterocycles. The van der Waals surface area contributed by atoms with Crippen molar-refractivity contribution in [3.8, 4) is 11.3 Å². The second-order valence-electron chi connectivity index (χ2n) is 6.43. The molecule has 0 aliphatic carbocycles. The number of nitrogens with zero attached hydrogens (tertiary/aromatic N) is 2. The van der Waals surface area contributed by atoms with Crippen LogP contribution in [0.2, 0.25) is 0 Å². The maximum atomic E-state index is 12.3. The number of hydrogen-bond acceptors (Lipinski definition) is 5. The Hall–Kier alpha value is -2.67. The number of likely N-dealkylation sites (tertiary alicyclic amines) is 1. The number of benzene rings is 1. The van der Waals surface area contributed by atoms with Gasteiger partial charge in [-0.1, -0.05) is 35.0 Å². The molecule has 1 aliphatic rings. The van der Waals surface area contributed by atoms with Crippen molar-refractivity contribution in [2.45, 2.75) is 25.8 Å². The maximum Gasteiger partial charge on any atom is 0.290 e. The molecule has 2 aromatic rings. The average Bonchev–Trinajstić information content (AvgIpc) is 3.07. The van der Waals surface area contributed by atoms with E-state index in [9.17, 15) is 9.59 Å². The topological polar surface area (TPSA) is 101 Å². The molecule has 1 aromatic heterocycles. The molecule has 132 valence electrons. The van der Waals surface area contributed by atoms with Crippen molar-refractivity contribution >= 4 is 11.8 Å². The van der Waals surface area contributed by atoms with Crippen molar-refractivity contribution in [2.24, 2.45) is 5.73 Å². The van der Waals surface area contributed by atoms with Gasteiger partial charge in [0, 0.05) is 30.8 Å². The van der Waals surface area contributed by atoms with Crippen molar-refractivity contribution in [3.05, 3.63) is 41.7 Å². The zero-order valence-electron chi connectivity index (χ0n) is 14.2. The summed E-state index contributed by atoms with van der Waals surface area (Å²) in [6.45, 7) is 3.75. The first-order valence-electron chi connectivity index (χ1n) is 8.36. The van der Waals surface area contributed by atoms with Crippen LogP contribution < -0.4 is 11.1 Å². The Balaban J connectivity index is 1.56. The van der Waals surface area contributed by atoms with Gasteiger partial charge in [0.1, 0.15) is 5.69 Å². The predicted molar refractivity (Wildman–Crippen MR) is 92.8 cm³/mol. The molecule has 7 nitrogen and oxygen atoms in total. The van der Waals surface area contributed by atoms with Gasteiger partial charge in [0.2, 0.25) is 11.7 Å². The highest BCUT2D eigenvalue weighted by atomic mass is 16.5. The van der Waals surface area contributed by atoms with E-state index in [1.807, 2.05) is 36.1 Å². The number of hydrogen-bond donors (Lipinski definition) is 2. The van der Waals surface area contributed by atoms with Gasteiger partial charge < -0.3 is 15.6 Å². The number of primary amides is 1. The summed E-state index contributed by atoms with van der Waals surface area (Å²) in [6.07, 6.45) is 1.55. The van der Waals surface area contributed by atoms with Gasteiger partial charge in [-0.25, -0.2) is 0 Å². The molecule has 25 heavy (non-hydrogen) atoms. The van der Waals surface area contributed by atoms with Crippen LogP contribution in [0.4, 0.5) is 0 Å². The van der Waals surface area contributed by atoms with Gasteiger partial charge in [-0.2, -0.15) is 0 Å². The number of piperidine rings is 1. The summed E-state index contributed by atoms with van der Waals surface area (Å²) in [5.41, 5.74) is 7.91. The van der Waals surface area contributed by atoms with Gasteiger partial charge in [-0.15, -0.1) is 0 Å². The SMILES string of the molecule is Cc1ccc(-c2cc(C(=O)NC3CCN(CC(N)=O)CC3)on2)cc1. The molecule has 0 bridgehead atoms. The highest BCUT2D eigenvalue weighted by Crippen LogP contribution is 2.20. The van der Waals surface area contributed by atoms with Crippen LogP contribution in [-0.4, -0.2) is 47.5 Å². The summed E-state index contributed by atoms with van der Waals surface area (Å²) in [6, 6.07) is 9.59. The van der Waals surface area contributed by atoms with E-state index < -0.39 is 0 Å². The van der Waals surface area contributed by atoms with Gasteiger partial charge in [0.05, 0.1) is 6.54 Å². The minimum atomic E-state index is -0.326. The molecule has 0 atom stereocenters. The van der Waals surface area contributed by atoms with Gasteiger partial charge in [0.15, 0.2) is 0 Å². The molecule has 0 spiro atoms. The quantitative estimate of drug-likeness (QED) is 0.853. The Morgan fingerprint density at radius 3 is 2.60 bits per heavy atom. The van der Waals surface area contributed by atoms with E-state index >= 15 is 0 Å². The Bertz CT molecular complexity index is 746. The van der Waals surface area contributed by atoms with Crippen LogP contribution >= 0.6 is 0 Å². The second kappa shape index (κ2) is 7.48. The van der Waals surface area contributed by atoms with E-state index in [4.69, 9.17) is 10.3 Å². The Kier molecular flexibility index (Phi) is 5.14. The normalized spacial score (nSPS) is 15.9. The van der Waals surface area contributed by atoms with Crippen molar-refractivity contribution < 1.29 is 14.1 Å². The van der Waals surface area contributed by atoms with Crippen LogP contribution in [0.15, 0.2) is 34.9 Å². The molecule has 1 saturated heterocycles. The molecule has 2 amide bonds. The van der Waals surface area contributed by atoms with Gasteiger partial charge in [-0.05, 0) is 19.8 Å². The molecule has 1 aliphatic heterocycles. The van der Waals surface area contributed by atoms with Crippen LogP contribution in [0.1, 0.15) is 29.0 Å². The minimum absolute atomic E-state index is 0.0598. The lowest BCUT2D eigenvalue weighted by atomic mass is 10.0. The zero-order valence-corrected chi connectivity index (χ0v) is 14.2. The van der Waals surface area contributed by atoms with Gasteiger partial charge >= 0.3 is 0 Å². The average molecular weight is 342 g/mol. The lowest BCUT2D eigenvalue weighted by Crippen LogP contribution is -2.46. The molecule has 3 N–H and O–H groups in total. The smallest absolute Gasteiger partial charge is 0.290 e. The number of rotatable bonds is 5. The molecular weight excluding hydrogens is 320 g/mol. The fourth-order valence-electron chi connectivity index (χ4n) is 2.95. The lowest BCUT2D eigenvalue weighted by Gasteiger charge is -2.31. The molecule has 3 rings (SSSR count). The first-order valence-corrected chi connectivity index (χ1v) is 8.36. The summed E-state index contributed by atoms with van der Waals surface area (Å²) in [4.78, 5) is 25.3. The van der Waals surface area contributed by atoms with Crippen molar-refractivity contribution in [1.29, 1.82) is 0 Å². The number of nitrogens with one attached hydrogen (secondary N) is 1. The number of aromatic nitrogens is 1. The van der Waals surface area contributed by atoms with E-state index in [1.54, 1.807) is 6.07 Å². The summed E-state index contributed by atoms with van der Waals surface area (Å²) >= 11 is 0. The predicted octanol–water partition coefficient (Wildman–Crippen LogP) is 1.33. The van der Waals surface area contributed by atoms with E-state index in [-0.39, 0.29) is 30.2 Å². The van der Waals surface area contributed by atoms with Crippen LogP contribution in [0.3, 0.4) is 0 Å². The van der Waals surface area contributed by atoms with Gasteiger partial charge in [0.25, 0.3) is 5.91 Å². The summed E-state index contributed by atoms with van der Waals surface area (Å²) in [5.74, 6) is -0.387. The molecule has 0 unspecified atom stereocenters. The molecule has 1 fully saturated rings. The fourth-order valence-corrected chi connectivity index (χ4v) is 2.95. The Morgan fingerprint density at radius 1 is 1.28 bits per heavy atom. The van der Waals surface area contributed by atoms with Crippen LogP contribution in [0.5, 0.6) is 0 Å². The Morgan fingerprint density at radius 2 is 1.96 bits per heavy atom. The molecular formula is C18H22N4O3. The number of carbonyl (C=O) groups is 2.